The highest BCUT2D eigenvalue weighted by molar-refractivity contribution is 7.98. The van der Waals surface area contributed by atoms with E-state index in [9.17, 15) is 4.79 Å². The van der Waals surface area contributed by atoms with Gasteiger partial charge in [0.1, 0.15) is 5.03 Å². The molecule has 7 heteroatoms. The number of nitrogens with zero attached hydrogens (tertiary/aromatic N) is 3. The molecule has 2 aliphatic rings. The summed E-state index contributed by atoms with van der Waals surface area (Å²) in [4.78, 5) is 25.0. The molecule has 0 saturated heterocycles. The van der Waals surface area contributed by atoms with Gasteiger partial charge in [0.2, 0.25) is 0 Å². The Bertz CT molecular complexity index is 828. The topological polar surface area (TPSA) is 72.1 Å². The first kappa shape index (κ1) is 15.9. The fourth-order valence-corrected chi connectivity index (χ4v) is 4.81. The van der Waals surface area contributed by atoms with Gasteiger partial charge in [0.25, 0.3) is 5.91 Å². The molecule has 1 aliphatic carbocycles. The second kappa shape index (κ2) is 5.74. The van der Waals surface area contributed by atoms with Crippen molar-refractivity contribution in [2.45, 2.75) is 44.3 Å². The van der Waals surface area contributed by atoms with Gasteiger partial charge >= 0.3 is 0 Å². The van der Waals surface area contributed by atoms with E-state index in [0.29, 0.717) is 23.6 Å². The van der Waals surface area contributed by atoms with Crippen LogP contribution >= 0.6 is 23.1 Å². The van der Waals surface area contributed by atoms with Crippen molar-refractivity contribution < 1.29 is 4.79 Å². The summed E-state index contributed by atoms with van der Waals surface area (Å²) >= 11 is 2.98. The molecule has 2 N–H and O–H groups in total. The standard InChI is InChI=1S/C17H20N4OS2/c1-8-14(24-17(18)19-8)12-6-11-7-21(9(2)10-4-5-10)16(22)13(11)15(20-12)23-3/h6,9-10H,4-5,7H2,1-3H3,(H2,18,19)/t9-/m0/s1. The Morgan fingerprint density at radius 3 is 2.75 bits per heavy atom. The summed E-state index contributed by atoms with van der Waals surface area (Å²) in [7, 11) is 0. The SMILES string of the molecule is CSc1nc(-c2sc(N)nc2C)cc2c1C(=O)N([C@@H](C)C1CC1)C2. The number of hydrogen-bond donors (Lipinski definition) is 1. The van der Waals surface area contributed by atoms with E-state index in [0.717, 1.165) is 32.4 Å². The molecular formula is C17H20N4OS2. The van der Waals surface area contributed by atoms with Crippen LogP contribution in [-0.2, 0) is 6.54 Å². The third-order valence-electron chi connectivity index (χ3n) is 4.92. The van der Waals surface area contributed by atoms with Crippen LogP contribution in [0.4, 0.5) is 5.13 Å². The summed E-state index contributed by atoms with van der Waals surface area (Å²) in [5.74, 6) is 0.797. The van der Waals surface area contributed by atoms with Crippen LogP contribution in [-0.4, -0.2) is 33.1 Å². The van der Waals surface area contributed by atoms with Crippen LogP contribution in [0.3, 0.4) is 0 Å². The molecule has 1 amide bonds. The second-order valence-corrected chi connectivity index (χ2v) is 8.35. The van der Waals surface area contributed by atoms with Crippen molar-refractivity contribution in [3.8, 4) is 10.6 Å². The molecule has 1 saturated carbocycles. The summed E-state index contributed by atoms with van der Waals surface area (Å²) in [6, 6.07) is 2.36. The lowest BCUT2D eigenvalue weighted by Gasteiger charge is -2.23. The Kier molecular flexibility index (Phi) is 3.80. The van der Waals surface area contributed by atoms with E-state index in [4.69, 9.17) is 10.7 Å². The van der Waals surface area contributed by atoms with Gasteiger partial charge in [-0.3, -0.25) is 4.79 Å². The molecule has 3 heterocycles. The van der Waals surface area contributed by atoms with E-state index >= 15 is 0 Å². The second-order valence-electron chi connectivity index (χ2n) is 6.53. The minimum Gasteiger partial charge on any atom is -0.375 e. The minimum atomic E-state index is 0.133. The van der Waals surface area contributed by atoms with E-state index in [-0.39, 0.29) is 5.91 Å². The number of thioether (sulfide) groups is 1. The average Bonchev–Trinajstić information content (AvgIpc) is 3.28. The van der Waals surface area contributed by atoms with Gasteiger partial charge in [0, 0.05) is 12.6 Å². The van der Waals surface area contributed by atoms with Crippen molar-refractivity contribution in [1.29, 1.82) is 0 Å². The van der Waals surface area contributed by atoms with E-state index in [1.807, 2.05) is 24.1 Å². The molecule has 4 rings (SSSR count). The zero-order chi connectivity index (χ0) is 17.0. The van der Waals surface area contributed by atoms with Gasteiger partial charge in [-0.25, -0.2) is 9.97 Å². The summed E-state index contributed by atoms with van der Waals surface area (Å²) in [6.07, 6.45) is 4.44. The highest BCUT2D eigenvalue weighted by atomic mass is 32.2. The van der Waals surface area contributed by atoms with Gasteiger partial charge < -0.3 is 10.6 Å². The summed E-state index contributed by atoms with van der Waals surface area (Å²) in [5.41, 5.74) is 9.47. The Balaban J connectivity index is 1.77. The Morgan fingerprint density at radius 1 is 1.42 bits per heavy atom. The van der Waals surface area contributed by atoms with E-state index in [1.165, 1.54) is 35.9 Å². The van der Waals surface area contributed by atoms with Crippen molar-refractivity contribution in [3.05, 3.63) is 22.9 Å². The maximum absolute atomic E-state index is 12.9. The number of aromatic nitrogens is 2. The van der Waals surface area contributed by atoms with Gasteiger partial charge in [-0.2, -0.15) is 0 Å². The third-order valence-corrected chi connectivity index (χ3v) is 6.61. The molecule has 126 valence electrons. The smallest absolute Gasteiger partial charge is 0.257 e. The van der Waals surface area contributed by atoms with Gasteiger partial charge in [-0.15, -0.1) is 11.8 Å². The number of pyridine rings is 1. The average molecular weight is 361 g/mol. The van der Waals surface area contributed by atoms with Gasteiger partial charge in [0.05, 0.1) is 21.8 Å². The number of nitrogens with two attached hydrogens (primary N) is 1. The van der Waals surface area contributed by atoms with E-state index in [2.05, 4.69) is 11.9 Å². The minimum absolute atomic E-state index is 0.133. The molecule has 24 heavy (non-hydrogen) atoms. The predicted octanol–water partition coefficient (Wildman–Crippen LogP) is 3.57. The molecule has 0 bridgehead atoms. The molecule has 0 aromatic carbocycles. The third kappa shape index (κ3) is 2.50. The quantitative estimate of drug-likeness (QED) is 0.844. The van der Waals surface area contributed by atoms with Crippen LogP contribution in [0.2, 0.25) is 0 Å². The summed E-state index contributed by atoms with van der Waals surface area (Å²) < 4.78 is 0. The highest BCUT2D eigenvalue weighted by Crippen LogP contribution is 2.41. The van der Waals surface area contributed by atoms with E-state index in [1.54, 1.807) is 0 Å². The molecule has 0 spiro atoms. The molecule has 2 aromatic heterocycles. The number of carbonyl (C=O) groups is 1. The molecule has 1 aliphatic heterocycles. The molecule has 1 fully saturated rings. The van der Waals surface area contributed by atoms with Crippen molar-refractivity contribution in [2.24, 2.45) is 5.92 Å². The van der Waals surface area contributed by atoms with Crippen LogP contribution in [0.5, 0.6) is 0 Å². The monoisotopic (exact) mass is 360 g/mol. The number of fused-ring (bicyclic) bond motifs is 1. The van der Waals surface area contributed by atoms with Crippen LogP contribution in [0, 0.1) is 12.8 Å². The Labute approximate surface area is 149 Å². The lowest BCUT2D eigenvalue weighted by atomic mass is 10.1. The maximum Gasteiger partial charge on any atom is 0.257 e. The maximum atomic E-state index is 12.9. The van der Waals surface area contributed by atoms with Gasteiger partial charge in [0.15, 0.2) is 5.13 Å². The van der Waals surface area contributed by atoms with Crippen LogP contribution < -0.4 is 5.73 Å². The van der Waals surface area contributed by atoms with Gasteiger partial charge in [-0.05, 0) is 50.5 Å². The number of amides is 1. The Morgan fingerprint density at radius 2 is 2.17 bits per heavy atom. The highest BCUT2D eigenvalue weighted by Gasteiger charge is 2.40. The largest absolute Gasteiger partial charge is 0.375 e. The van der Waals surface area contributed by atoms with E-state index < -0.39 is 0 Å². The van der Waals surface area contributed by atoms with Crippen LogP contribution in [0.15, 0.2) is 11.1 Å². The fourth-order valence-electron chi connectivity index (χ4n) is 3.41. The normalized spacial score (nSPS) is 18.1. The number of rotatable bonds is 4. The number of carbonyl (C=O) groups excluding carboxylic acids is 1. The number of aryl methyl sites for hydroxylation is 1. The molecule has 5 nitrogen and oxygen atoms in total. The first-order valence-corrected chi connectivity index (χ1v) is 10.2. The van der Waals surface area contributed by atoms with Crippen LogP contribution in [0.25, 0.3) is 10.6 Å². The summed E-state index contributed by atoms with van der Waals surface area (Å²) in [6.45, 7) is 4.80. The molecular weight excluding hydrogens is 340 g/mol. The zero-order valence-electron chi connectivity index (χ0n) is 14.0. The first-order valence-electron chi connectivity index (χ1n) is 8.11. The molecule has 0 unspecified atom stereocenters. The molecule has 1 atom stereocenters. The fraction of sp³-hybridized carbons (Fsp3) is 0.471. The summed E-state index contributed by atoms with van der Waals surface area (Å²) in [5, 5.41) is 1.36. The number of nitrogen functional groups attached to an aromatic ring is 1. The number of hydrogen-bond acceptors (Lipinski definition) is 6. The van der Waals surface area contributed by atoms with Crippen molar-refractivity contribution in [1.82, 2.24) is 14.9 Å². The lowest BCUT2D eigenvalue weighted by Crippen LogP contribution is -2.34. The van der Waals surface area contributed by atoms with Crippen molar-refractivity contribution in [2.75, 3.05) is 12.0 Å². The van der Waals surface area contributed by atoms with Crippen LogP contribution in [0.1, 0.15) is 41.4 Å². The first-order chi connectivity index (χ1) is 11.5. The predicted molar refractivity (Wildman–Crippen MR) is 98.3 cm³/mol. The van der Waals surface area contributed by atoms with Crippen molar-refractivity contribution >= 4 is 34.1 Å². The lowest BCUT2D eigenvalue weighted by molar-refractivity contribution is 0.0694. The molecule has 0 radical (unpaired) electrons. The number of anilines is 1. The van der Waals surface area contributed by atoms with Crippen molar-refractivity contribution in [3.63, 3.8) is 0 Å². The molecule has 2 aromatic rings. The zero-order valence-corrected chi connectivity index (χ0v) is 15.6. The Hall–Kier alpha value is -1.60. The van der Waals surface area contributed by atoms with Gasteiger partial charge in [-0.1, -0.05) is 11.3 Å². The number of thiazole rings is 1.